The van der Waals surface area contributed by atoms with E-state index in [-0.39, 0.29) is 11.8 Å². The lowest BCUT2D eigenvalue weighted by molar-refractivity contribution is -0.126. The second-order valence-electron chi connectivity index (χ2n) is 6.88. The molecule has 0 saturated carbocycles. The molecule has 0 radical (unpaired) electrons. The van der Waals surface area contributed by atoms with Gasteiger partial charge in [-0.15, -0.1) is 11.3 Å². The Labute approximate surface area is 172 Å². The average Bonchev–Trinajstić information content (AvgIpc) is 3.40. The smallest absolute Gasteiger partial charge is 0.241 e. The van der Waals surface area contributed by atoms with Crippen LogP contribution in [-0.4, -0.2) is 34.0 Å². The third-order valence-electron chi connectivity index (χ3n) is 4.91. The SMILES string of the molecule is O=C(NCc1ccc(Cl)cc1)C1CCN(Cc2nc(-c3cccs3)no2)CC1. The Bertz CT molecular complexity index is 903. The molecule has 1 fully saturated rings. The number of halogens is 1. The van der Waals surface area contributed by atoms with Gasteiger partial charge < -0.3 is 9.84 Å². The lowest BCUT2D eigenvalue weighted by Gasteiger charge is -2.30. The molecule has 28 heavy (non-hydrogen) atoms. The maximum atomic E-state index is 12.4. The number of likely N-dealkylation sites (tertiary alicyclic amines) is 1. The first-order chi connectivity index (χ1) is 13.7. The fraction of sp³-hybridized carbons (Fsp3) is 0.350. The summed E-state index contributed by atoms with van der Waals surface area (Å²) in [5.74, 6) is 1.43. The number of nitrogens with zero attached hydrogens (tertiary/aromatic N) is 3. The zero-order chi connectivity index (χ0) is 19.3. The molecule has 0 atom stereocenters. The fourth-order valence-electron chi connectivity index (χ4n) is 3.31. The molecule has 0 spiro atoms. The summed E-state index contributed by atoms with van der Waals surface area (Å²) in [5.41, 5.74) is 1.05. The van der Waals surface area contributed by atoms with Gasteiger partial charge in [0.25, 0.3) is 0 Å². The number of piperidine rings is 1. The number of benzene rings is 1. The number of aromatic nitrogens is 2. The van der Waals surface area contributed by atoms with Crippen molar-refractivity contribution in [3.8, 4) is 10.7 Å². The molecule has 1 N–H and O–H groups in total. The third-order valence-corrected chi connectivity index (χ3v) is 6.02. The molecule has 2 aromatic heterocycles. The fourth-order valence-corrected chi connectivity index (χ4v) is 4.08. The van der Waals surface area contributed by atoms with Crippen molar-refractivity contribution in [2.75, 3.05) is 13.1 Å². The van der Waals surface area contributed by atoms with E-state index < -0.39 is 0 Å². The molecule has 1 saturated heterocycles. The van der Waals surface area contributed by atoms with E-state index in [9.17, 15) is 4.79 Å². The maximum Gasteiger partial charge on any atom is 0.241 e. The van der Waals surface area contributed by atoms with Gasteiger partial charge in [0.1, 0.15) is 0 Å². The summed E-state index contributed by atoms with van der Waals surface area (Å²) in [6.07, 6.45) is 1.66. The largest absolute Gasteiger partial charge is 0.352 e. The summed E-state index contributed by atoms with van der Waals surface area (Å²) in [4.78, 5) is 20.2. The second-order valence-corrected chi connectivity index (χ2v) is 8.27. The topological polar surface area (TPSA) is 71.3 Å². The summed E-state index contributed by atoms with van der Waals surface area (Å²) in [6.45, 7) is 2.84. The molecular weight excluding hydrogens is 396 g/mol. The molecule has 1 aromatic carbocycles. The monoisotopic (exact) mass is 416 g/mol. The highest BCUT2D eigenvalue weighted by Gasteiger charge is 2.26. The minimum Gasteiger partial charge on any atom is -0.352 e. The quantitative estimate of drug-likeness (QED) is 0.658. The van der Waals surface area contributed by atoms with Gasteiger partial charge in [0.2, 0.25) is 17.6 Å². The van der Waals surface area contributed by atoms with Crippen molar-refractivity contribution in [3.05, 3.63) is 58.3 Å². The highest BCUT2D eigenvalue weighted by Crippen LogP contribution is 2.23. The molecule has 3 heterocycles. The third kappa shape index (κ3) is 4.79. The van der Waals surface area contributed by atoms with Crippen molar-refractivity contribution < 1.29 is 9.32 Å². The van der Waals surface area contributed by atoms with Crippen molar-refractivity contribution in [1.82, 2.24) is 20.4 Å². The summed E-state index contributed by atoms with van der Waals surface area (Å²) in [5, 5.41) is 9.78. The van der Waals surface area contributed by atoms with Gasteiger partial charge in [-0.05, 0) is 55.1 Å². The van der Waals surface area contributed by atoms with Crippen LogP contribution in [0.3, 0.4) is 0 Å². The van der Waals surface area contributed by atoms with Gasteiger partial charge in [-0.1, -0.05) is 35.0 Å². The van der Waals surface area contributed by atoms with Crippen molar-refractivity contribution in [2.24, 2.45) is 5.92 Å². The number of hydrogen-bond donors (Lipinski definition) is 1. The molecule has 6 nitrogen and oxygen atoms in total. The molecule has 1 amide bonds. The van der Waals surface area contributed by atoms with E-state index >= 15 is 0 Å². The number of rotatable bonds is 6. The number of carbonyl (C=O) groups excluding carboxylic acids is 1. The van der Waals surface area contributed by atoms with Crippen LogP contribution in [0.25, 0.3) is 10.7 Å². The molecule has 1 aliphatic heterocycles. The summed E-state index contributed by atoms with van der Waals surface area (Å²) in [6, 6.07) is 11.5. The zero-order valence-corrected chi connectivity index (χ0v) is 16.9. The number of carbonyl (C=O) groups is 1. The maximum absolute atomic E-state index is 12.4. The number of amides is 1. The molecule has 0 unspecified atom stereocenters. The van der Waals surface area contributed by atoms with Crippen molar-refractivity contribution >= 4 is 28.8 Å². The Kier molecular flexibility index (Phi) is 6.04. The number of thiophene rings is 1. The van der Waals surface area contributed by atoms with E-state index in [1.54, 1.807) is 11.3 Å². The Morgan fingerprint density at radius 1 is 1.25 bits per heavy atom. The van der Waals surface area contributed by atoms with Crippen LogP contribution in [0.15, 0.2) is 46.3 Å². The van der Waals surface area contributed by atoms with Crippen LogP contribution in [0.4, 0.5) is 0 Å². The van der Waals surface area contributed by atoms with E-state index in [0.717, 1.165) is 36.4 Å². The molecule has 3 aromatic rings. The summed E-state index contributed by atoms with van der Waals surface area (Å²) < 4.78 is 5.38. The van der Waals surface area contributed by atoms with Crippen LogP contribution in [0, 0.1) is 5.92 Å². The second kappa shape index (κ2) is 8.86. The van der Waals surface area contributed by atoms with Crippen molar-refractivity contribution in [2.45, 2.75) is 25.9 Å². The van der Waals surface area contributed by atoms with Crippen LogP contribution >= 0.6 is 22.9 Å². The van der Waals surface area contributed by atoms with Crippen LogP contribution in [-0.2, 0) is 17.9 Å². The lowest BCUT2D eigenvalue weighted by Crippen LogP contribution is -2.40. The number of hydrogen-bond acceptors (Lipinski definition) is 6. The molecule has 1 aliphatic rings. The first-order valence-corrected chi connectivity index (χ1v) is 10.5. The van der Waals surface area contributed by atoms with Crippen LogP contribution in [0.2, 0.25) is 5.02 Å². The normalized spacial score (nSPS) is 15.6. The molecular formula is C20H21ClN4O2S. The molecule has 4 rings (SSSR count). The van der Waals surface area contributed by atoms with Crippen LogP contribution in [0.5, 0.6) is 0 Å². The predicted octanol–water partition coefficient (Wildman–Crippen LogP) is 3.98. The Morgan fingerprint density at radius 2 is 2.04 bits per heavy atom. The number of nitrogens with one attached hydrogen (secondary N) is 1. The highest BCUT2D eigenvalue weighted by molar-refractivity contribution is 7.13. The van der Waals surface area contributed by atoms with E-state index in [2.05, 4.69) is 20.4 Å². The van der Waals surface area contributed by atoms with Crippen molar-refractivity contribution in [1.29, 1.82) is 0 Å². The zero-order valence-electron chi connectivity index (χ0n) is 15.3. The van der Waals surface area contributed by atoms with Gasteiger partial charge in [-0.3, -0.25) is 9.69 Å². The van der Waals surface area contributed by atoms with E-state index in [4.69, 9.17) is 16.1 Å². The van der Waals surface area contributed by atoms with E-state index in [1.165, 1.54) is 0 Å². The van der Waals surface area contributed by atoms with Gasteiger partial charge in [0.15, 0.2) is 0 Å². The lowest BCUT2D eigenvalue weighted by atomic mass is 9.96. The summed E-state index contributed by atoms with van der Waals surface area (Å²) >= 11 is 7.48. The molecule has 0 bridgehead atoms. The Morgan fingerprint density at radius 3 is 2.75 bits per heavy atom. The van der Waals surface area contributed by atoms with Gasteiger partial charge in [0, 0.05) is 17.5 Å². The van der Waals surface area contributed by atoms with E-state index in [0.29, 0.717) is 29.8 Å². The minimum atomic E-state index is 0.0490. The van der Waals surface area contributed by atoms with Crippen LogP contribution < -0.4 is 5.32 Å². The van der Waals surface area contributed by atoms with Gasteiger partial charge in [-0.25, -0.2) is 0 Å². The minimum absolute atomic E-state index is 0.0490. The first kappa shape index (κ1) is 19.1. The standard InChI is InChI=1S/C20H21ClN4O2S/c21-16-5-3-14(4-6-16)12-22-20(26)15-7-9-25(10-8-15)13-18-23-19(24-27-18)17-2-1-11-28-17/h1-6,11,15H,7-10,12-13H2,(H,22,26). The Balaban J connectivity index is 1.23. The van der Waals surface area contributed by atoms with Gasteiger partial charge in [0.05, 0.1) is 11.4 Å². The molecule has 0 aliphatic carbocycles. The first-order valence-electron chi connectivity index (χ1n) is 9.28. The predicted molar refractivity (Wildman–Crippen MR) is 109 cm³/mol. The summed E-state index contributed by atoms with van der Waals surface area (Å²) in [7, 11) is 0. The Hall–Kier alpha value is -2.22. The molecule has 146 valence electrons. The molecule has 8 heteroatoms. The highest BCUT2D eigenvalue weighted by atomic mass is 35.5. The van der Waals surface area contributed by atoms with Gasteiger partial charge in [-0.2, -0.15) is 4.98 Å². The van der Waals surface area contributed by atoms with Crippen molar-refractivity contribution in [3.63, 3.8) is 0 Å². The van der Waals surface area contributed by atoms with Gasteiger partial charge >= 0.3 is 0 Å². The average molecular weight is 417 g/mol. The van der Waals surface area contributed by atoms with Crippen LogP contribution in [0.1, 0.15) is 24.3 Å². The van der Waals surface area contributed by atoms with E-state index in [1.807, 2.05) is 41.8 Å².